The molecule has 0 atom stereocenters. The van der Waals surface area contributed by atoms with Crippen molar-refractivity contribution in [3.05, 3.63) is 41.1 Å². The van der Waals surface area contributed by atoms with Gasteiger partial charge >= 0.3 is 0 Å². The van der Waals surface area contributed by atoms with Gasteiger partial charge in [-0.1, -0.05) is 31.5 Å². The normalized spacial score (nSPS) is 10.8. The molecule has 3 heteroatoms. The molecular formula is C14H18N2O. The van der Waals surface area contributed by atoms with Crippen LogP contribution in [0.2, 0.25) is 0 Å². The number of benzene rings is 1. The molecule has 0 aliphatic heterocycles. The van der Waals surface area contributed by atoms with Gasteiger partial charge in [0, 0.05) is 5.56 Å². The van der Waals surface area contributed by atoms with Crippen LogP contribution in [-0.2, 0) is 6.42 Å². The zero-order valence-corrected chi connectivity index (χ0v) is 10.6. The molecule has 1 N–H and O–H groups in total. The Labute approximate surface area is 102 Å². The Kier molecular flexibility index (Phi) is 3.18. The summed E-state index contributed by atoms with van der Waals surface area (Å²) in [6, 6.07) is 7.93. The number of nitrogens with zero attached hydrogens (tertiary/aromatic N) is 2. The summed E-state index contributed by atoms with van der Waals surface area (Å²) in [6.07, 6.45) is 1.87. The highest BCUT2D eigenvalue weighted by Gasteiger charge is 2.15. The van der Waals surface area contributed by atoms with Crippen molar-refractivity contribution >= 4 is 0 Å². The molecule has 0 bridgehead atoms. The van der Waals surface area contributed by atoms with Crippen LogP contribution >= 0.6 is 0 Å². The maximum Gasteiger partial charge on any atom is 0.217 e. The fraction of sp³-hybridized carbons (Fsp3) is 0.357. The SMILES string of the molecule is CCCc1c(C)nn(-c2ccccc2C)c1O. The number of para-hydroxylation sites is 1. The average Bonchev–Trinajstić information content (AvgIpc) is 2.58. The van der Waals surface area contributed by atoms with E-state index in [4.69, 9.17) is 0 Å². The molecule has 0 saturated carbocycles. The Morgan fingerprint density at radius 1 is 1.24 bits per heavy atom. The molecule has 1 aromatic carbocycles. The number of rotatable bonds is 3. The minimum atomic E-state index is 0.277. The lowest BCUT2D eigenvalue weighted by molar-refractivity contribution is 0.427. The van der Waals surface area contributed by atoms with E-state index in [2.05, 4.69) is 12.0 Å². The Balaban J connectivity index is 2.54. The summed E-state index contributed by atoms with van der Waals surface area (Å²) in [5.41, 5.74) is 3.91. The van der Waals surface area contributed by atoms with Crippen LogP contribution in [0, 0.1) is 13.8 Å². The molecule has 1 heterocycles. The number of aryl methyl sites for hydroxylation is 2. The lowest BCUT2D eigenvalue weighted by Gasteiger charge is -2.06. The summed E-state index contributed by atoms with van der Waals surface area (Å²) in [7, 11) is 0. The molecule has 0 aliphatic carbocycles. The monoisotopic (exact) mass is 230 g/mol. The van der Waals surface area contributed by atoms with E-state index < -0.39 is 0 Å². The van der Waals surface area contributed by atoms with Crippen molar-refractivity contribution in [3.8, 4) is 11.6 Å². The highest BCUT2D eigenvalue weighted by atomic mass is 16.3. The summed E-state index contributed by atoms with van der Waals surface area (Å²) < 4.78 is 1.63. The van der Waals surface area contributed by atoms with Crippen molar-refractivity contribution in [3.63, 3.8) is 0 Å². The van der Waals surface area contributed by atoms with Crippen molar-refractivity contribution in [2.75, 3.05) is 0 Å². The van der Waals surface area contributed by atoms with Crippen LogP contribution in [-0.4, -0.2) is 14.9 Å². The van der Waals surface area contributed by atoms with Crippen molar-refractivity contribution in [2.45, 2.75) is 33.6 Å². The number of hydrogen-bond acceptors (Lipinski definition) is 2. The minimum Gasteiger partial charge on any atom is -0.493 e. The molecule has 90 valence electrons. The van der Waals surface area contributed by atoms with Crippen molar-refractivity contribution in [2.24, 2.45) is 0 Å². The Hall–Kier alpha value is -1.77. The Morgan fingerprint density at radius 3 is 2.59 bits per heavy atom. The van der Waals surface area contributed by atoms with Gasteiger partial charge in [-0.3, -0.25) is 0 Å². The Bertz CT molecular complexity index is 529. The molecule has 17 heavy (non-hydrogen) atoms. The highest BCUT2D eigenvalue weighted by molar-refractivity contribution is 5.45. The first-order valence-electron chi connectivity index (χ1n) is 5.98. The van der Waals surface area contributed by atoms with Crippen molar-refractivity contribution in [1.29, 1.82) is 0 Å². The van der Waals surface area contributed by atoms with Gasteiger partial charge in [0.25, 0.3) is 0 Å². The van der Waals surface area contributed by atoms with E-state index in [0.29, 0.717) is 0 Å². The van der Waals surface area contributed by atoms with Crippen LogP contribution in [0.3, 0.4) is 0 Å². The zero-order valence-electron chi connectivity index (χ0n) is 10.6. The molecule has 2 aromatic rings. The molecule has 0 aliphatic rings. The van der Waals surface area contributed by atoms with E-state index in [1.165, 1.54) is 0 Å². The van der Waals surface area contributed by atoms with E-state index in [1.807, 2.05) is 38.1 Å². The van der Waals surface area contributed by atoms with E-state index in [1.54, 1.807) is 4.68 Å². The van der Waals surface area contributed by atoms with Crippen LogP contribution in [0.5, 0.6) is 5.88 Å². The Morgan fingerprint density at radius 2 is 1.94 bits per heavy atom. The average molecular weight is 230 g/mol. The lowest BCUT2D eigenvalue weighted by Crippen LogP contribution is -1.98. The predicted octanol–water partition coefficient (Wildman–Crippen LogP) is 3.15. The van der Waals surface area contributed by atoms with Crippen molar-refractivity contribution in [1.82, 2.24) is 9.78 Å². The molecule has 0 amide bonds. The van der Waals surface area contributed by atoms with Gasteiger partial charge < -0.3 is 5.11 Å². The number of hydrogen-bond donors (Lipinski definition) is 1. The fourth-order valence-corrected chi connectivity index (χ4v) is 2.06. The summed E-state index contributed by atoms with van der Waals surface area (Å²) >= 11 is 0. The third-order valence-electron chi connectivity index (χ3n) is 3.00. The van der Waals surface area contributed by atoms with Crippen molar-refractivity contribution < 1.29 is 5.11 Å². The summed E-state index contributed by atoms with van der Waals surface area (Å²) in [6.45, 7) is 6.06. The first kappa shape index (κ1) is 11.7. The lowest BCUT2D eigenvalue weighted by atomic mass is 10.1. The molecule has 0 radical (unpaired) electrons. The third-order valence-corrected chi connectivity index (χ3v) is 3.00. The molecule has 0 spiro atoms. The molecular weight excluding hydrogens is 212 g/mol. The van der Waals surface area contributed by atoms with Crippen LogP contribution in [0.1, 0.15) is 30.2 Å². The van der Waals surface area contributed by atoms with Gasteiger partial charge in [0.1, 0.15) is 0 Å². The van der Waals surface area contributed by atoms with Gasteiger partial charge in [0.05, 0.1) is 11.4 Å². The van der Waals surface area contributed by atoms with E-state index in [9.17, 15) is 5.11 Å². The second kappa shape index (κ2) is 4.62. The van der Waals surface area contributed by atoms with Gasteiger partial charge in [-0.25, -0.2) is 4.68 Å². The summed E-state index contributed by atoms with van der Waals surface area (Å²) in [4.78, 5) is 0. The standard InChI is InChI=1S/C14H18N2O/c1-4-7-12-11(3)15-16(14(12)17)13-9-6-5-8-10(13)2/h5-6,8-9,17H,4,7H2,1-3H3. The maximum atomic E-state index is 10.2. The first-order chi connectivity index (χ1) is 8.15. The first-order valence-corrected chi connectivity index (χ1v) is 5.98. The topological polar surface area (TPSA) is 38.0 Å². The fourth-order valence-electron chi connectivity index (χ4n) is 2.06. The minimum absolute atomic E-state index is 0.277. The van der Waals surface area contributed by atoms with Gasteiger partial charge in [-0.05, 0) is 31.9 Å². The van der Waals surface area contributed by atoms with Gasteiger partial charge in [-0.2, -0.15) is 5.10 Å². The second-order valence-corrected chi connectivity index (χ2v) is 4.34. The van der Waals surface area contributed by atoms with Crippen LogP contribution in [0.4, 0.5) is 0 Å². The van der Waals surface area contributed by atoms with Crippen LogP contribution < -0.4 is 0 Å². The summed E-state index contributed by atoms with van der Waals surface area (Å²) in [5.74, 6) is 0.277. The third kappa shape index (κ3) is 2.05. The molecule has 0 saturated heterocycles. The van der Waals surface area contributed by atoms with Crippen LogP contribution in [0.15, 0.2) is 24.3 Å². The van der Waals surface area contributed by atoms with E-state index >= 15 is 0 Å². The smallest absolute Gasteiger partial charge is 0.217 e. The van der Waals surface area contributed by atoms with Gasteiger partial charge in [0.15, 0.2) is 0 Å². The summed E-state index contributed by atoms with van der Waals surface area (Å²) in [5, 5.41) is 14.6. The molecule has 0 fully saturated rings. The van der Waals surface area contributed by atoms with E-state index in [-0.39, 0.29) is 5.88 Å². The highest BCUT2D eigenvalue weighted by Crippen LogP contribution is 2.26. The van der Waals surface area contributed by atoms with Gasteiger partial charge in [0.2, 0.25) is 5.88 Å². The quantitative estimate of drug-likeness (QED) is 0.879. The number of aromatic hydroxyl groups is 1. The van der Waals surface area contributed by atoms with Gasteiger partial charge in [-0.15, -0.1) is 0 Å². The second-order valence-electron chi connectivity index (χ2n) is 4.34. The molecule has 2 rings (SSSR count). The molecule has 0 unspecified atom stereocenters. The largest absolute Gasteiger partial charge is 0.493 e. The predicted molar refractivity (Wildman–Crippen MR) is 68.7 cm³/mol. The van der Waals surface area contributed by atoms with E-state index in [0.717, 1.165) is 35.3 Å². The molecule has 3 nitrogen and oxygen atoms in total. The number of aromatic nitrogens is 2. The van der Waals surface area contributed by atoms with Crippen LogP contribution in [0.25, 0.3) is 5.69 Å². The maximum absolute atomic E-state index is 10.2. The zero-order chi connectivity index (χ0) is 12.4. The molecule has 1 aromatic heterocycles.